The Bertz CT molecular complexity index is 602. The molecule has 1 N–H and O–H groups in total. The minimum Gasteiger partial charge on any atom is -0.444 e. The summed E-state index contributed by atoms with van der Waals surface area (Å²) in [5.74, 6) is 3.27. The van der Waals surface area contributed by atoms with Crippen LogP contribution in [0.25, 0.3) is 0 Å². The number of likely N-dealkylation sites (tertiary alicyclic amines) is 1. The summed E-state index contributed by atoms with van der Waals surface area (Å²) in [6.45, 7) is 6.10. The van der Waals surface area contributed by atoms with E-state index in [4.69, 9.17) is 9.15 Å². The first-order chi connectivity index (χ1) is 10.7. The van der Waals surface area contributed by atoms with Crippen LogP contribution in [0.2, 0.25) is 0 Å². The molecule has 0 unspecified atom stereocenters. The molecule has 3 rings (SSSR count). The lowest BCUT2D eigenvalue weighted by Crippen LogP contribution is -2.33. The summed E-state index contributed by atoms with van der Waals surface area (Å²) in [6, 6.07) is 0.211. The number of aromatic nitrogens is 4. The third kappa shape index (κ3) is 3.20. The van der Waals surface area contributed by atoms with E-state index in [9.17, 15) is 0 Å². The quantitative estimate of drug-likeness (QED) is 0.913. The van der Waals surface area contributed by atoms with Crippen LogP contribution in [0.3, 0.4) is 0 Å². The Labute approximate surface area is 130 Å². The van der Waals surface area contributed by atoms with Crippen molar-refractivity contribution in [1.29, 1.82) is 0 Å². The number of rotatable bonds is 5. The number of piperidine rings is 1. The molecule has 2 aromatic heterocycles. The Morgan fingerprint density at radius 3 is 2.91 bits per heavy atom. The molecule has 1 aliphatic heterocycles. The summed E-state index contributed by atoms with van der Waals surface area (Å²) in [5, 5.41) is 7.31. The number of hydrogen-bond donors (Lipinski definition) is 1. The topological polar surface area (TPSA) is 80.1 Å². The van der Waals surface area contributed by atoms with Gasteiger partial charge in [0, 0.05) is 7.11 Å². The lowest BCUT2D eigenvalue weighted by molar-refractivity contribution is 0.121. The second-order valence-electron chi connectivity index (χ2n) is 5.80. The maximum atomic E-state index is 5.72. The van der Waals surface area contributed by atoms with Crippen LogP contribution in [0.4, 0.5) is 0 Å². The number of aromatic amines is 1. The number of H-pyrrole nitrogens is 1. The van der Waals surface area contributed by atoms with E-state index in [1.807, 2.05) is 13.8 Å². The zero-order valence-corrected chi connectivity index (χ0v) is 13.4. The number of methoxy groups -OCH3 is 1. The van der Waals surface area contributed by atoms with Gasteiger partial charge in [0.05, 0.1) is 18.3 Å². The summed E-state index contributed by atoms with van der Waals surface area (Å²) in [4.78, 5) is 11.4. The predicted molar refractivity (Wildman–Crippen MR) is 80.1 cm³/mol. The molecule has 3 heterocycles. The molecule has 0 aliphatic carbocycles. The van der Waals surface area contributed by atoms with Crippen molar-refractivity contribution >= 4 is 0 Å². The molecular weight excluding hydrogens is 282 g/mol. The third-order valence-corrected chi connectivity index (χ3v) is 4.15. The van der Waals surface area contributed by atoms with Crippen molar-refractivity contribution in [3.63, 3.8) is 0 Å². The van der Waals surface area contributed by atoms with E-state index < -0.39 is 0 Å². The number of ether oxygens (including phenoxy) is 1. The molecule has 22 heavy (non-hydrogen) atoms. The first-order valence-corrected chi connectivity index (χ1v) is 7.74. The van der Waals surface area contributed by atoms with Crippen LogP contribution in [-0.4, -0.2) is 38.7 Å². The second kappa shape index (κ2) is 6.58. The SMILES string of the molecule is COCc1nc([C@@H]2CCCCN2Cc2nc(C)c(C)o2)n[nH]1. The van der Waals surface area contributed by atoms with Gasteiger partial charge in [-0.1, -0.05) is 6.42 Å². The van der Waals surface area contributed by atoms with Crippen LogP contribution >= 0.6 is 0 Å². The van der Waals surface area contributed by atoms with Crippen molar-refractivity contribution in [1.82, 2.24) is 25.1 Å². The molecule has 0 saturated carbocycles. The molecule has 7 nitrogen and oxygen atoms in total. The fourth-order valence-electron chi connectivity index (χ4n) is 2.91. The first kappa shape index (κ1) is 15.2. The van der Waals surface area contributed by atoms with Gasteiger partial charge in [0.2, 0.25) is 5.89 Å². The van der Waals surface area contributed by atoms with Gasteiger partial charge in [0.1, 0.15) is 12.4 Å². The van der Waals surface area contributed by atoms with Gasteiger partial charge in [-0.15, -0.1) is 0 Å². The van der Waals surface area contributed by atoms with Gasteiger partial charge in [0.15, 0.2) is 11.6 Å². The maximum absolute atomic E-state index is 5.72. The van der Waals surface area contributed by atoms with E-state index in [0.29, 0.717) is 13.2 Å². The molecule has 120 valence electrons. The molecule has 1 aliphatic rings. The van der Waals surface area contributed by atoms with Crippen LogP contribution in [0.1, 0.15) is 54.3 Å². The van der Waals surface area contributed by atoms with E-state index in [2.05, 4.69) is 25.1 Å². The standard InChI is InChI=1S/C15H23N5O2/c1-10-11(2)22-14(16-10)8-20-7-5-4-6-12(20)15-17-13(9-21-3)18-19-15/h12H,4-9H2,1-3H3,(H,17,18,19)/t12-/m0/s1. The Hall–Kier alpha value is -1.73. The highest BCUT2D eigenvalue weighted by Crippen LogP contribution is 2.30. The van der Waals surface area contributed by atoms with Gasteiger partial charge >= 0.3 is 0 Å². The van der Waals surface area contributed by atoms with Gasteiger partial charge in [-0.05, 0) is 33.2 Å². The minimum absolute atomic E-state index is 0.211. The molecule has 0 amide bonds. The Balaban J connectivity index is 1.75. The fraction of sp³-hybridized carbons (Fsp3) is 0.667. The average molecular weight is 305 g/mol. The summed E-state index contributed by atoms with van der Waals surface area (Å²) in [5.41, 5.74) is 0.962. The molecule has 0 radical (unpaired) electrons. The number of oxazole rings is 1. The Morgan fingerprint density at radius 2 is 2.18 bits per heavy atom. The van der Waals surface area contributed by atoms with Crippen molar-refractivity contribution in [2.24, 2.45) is 0 Å². The van der Waals surface area contributed by atoms with Crippen LogP contribution < -0.4 is 0 Å². The van der Waals surface area contributed by atoms with E-state index in [-0.39, 0.29) is 6.04 Å². The molecule has 7 heteroatoms. The summed E-state index contributed by atoms with van der Waals surface area (Å²) in [7, 11) is 1.66. The number of nitrogens with one attached hydrogen (secondary N) is 1. The maximum Gasteiger partial charge on any atom is 0.208 e. The molecule has 0 bridgehead atoms. The van der Waals surface area contributed by atoms with E-state index in [1.54, 1.807) is 7.11 Å². The fourth-order valence-corrected chi connectivity index (χ4v) is 2.91. The van der Waals surface area contributed by atoms with Gasteiger partial charge < -0.3 is 9.15 Å². The van der Waals surface area contributed by atoms with Gasteiger partial charge in [-0.25, -0.2) is 9.97 Å². The smallest absolute Gasteiger partial charge is 0.208 e. The minimum atomic E-state index is 0.211. The zero-order chi connectivity index (χ0) is 15.5. The summed E-state index contributed by atoms with van der Waals surface area (Å²) in [6.07, 6.45) is 3.44. The Morgan fingerprint density at radius 1 is 1.32 bits per heavy atom. The van der Waals surface area contributed by atoms with E-state index >= 15 is 0 Å². The van der Waals surface area contributed by atoms with Crippen LogP contribution in [0.15, 0.2) is 4.42 Å². The predicted octanol–water partition coefficient (Wildman–Crippen LogP) is 2.28. The van der Waals surface area contributed by atoms with Crippen LogP contribution in [-0.2, 0) is 17.9 Å². The van der Waals surface area contributed by atoms with Crippen molar-refractivity contribution in [3.8, 4) is 0 Å². The zero-order valence-electron chi connectivity index (χ0n) is 13.4. The lowest BCUT2D eigenvalue weighted by atomic mass is 10.0. The number of nitrogens with zero attached hydrogens (tertiary/aromatic N) is 4. The Kier molecular flexibility index (Phi) is 4.54. The van der Waals surface area contributed by atoms with Crippen molar-refractivity contribution in [3.05, 3.63) is 29.0 Å². The number of hydrogen-bond acceptors (Lipinski definition) is 6. The van der Waals surface area contributed by atoms with Gasteiger partial charge in [0.25, 0.3) is 0 Å². The van der Waals surface area contributed by atoms with Crippen LogP contribution in [0.5, 0.6) is 0 Å². The molecule has 0 aromatic carbocycles. The summed E-state index contributed by atoms with van der Waals surface area (Å²) >= 11 is 0. The molecular formula is C15H23N5O2. The van der Waals surface area contributed by atoms with Gasteiger partial charge in [-0.3, -0.25) is 10.00 Å². The van der Waals surface area contributed by atoms with E-state index in [0.717, 1.165) is 42.0 Å². The normalized spacial score (nSPS) is 19.7. The third-order valence-electron chi connectivity index (χ3n) is 4.15. The first-order valence-electron chi connectivity index (χ1n) is 7.74. The van der Waals surface area contributed by atoms with E-state index in [1.165, 1.54) is 12.8 Å². The van der Waals surface area contributed by atoms with Crippen molar-refractivity contribution in [2.75, 3.05) is 13.7 Å². The number of aryl methyl sites for hydroxylation is 2. The average Bonchev–Trinajstić information content (AvgIpc) is 3.08. The largest absolute Gasteiger partial charge is 0.444 e. The lowest BCUT2D eigenvalue weighted by Gasteiger charge is -2.32. The highest BCUT2D eigenvalue weighted by Gasteiger charge is 2.28. The molecule has 2 aromatic rings. The molecule has 1 saturated heterocycles. The molecule has 1 atom stereocenters. The van der Waals surface area contributed by atoms with Crippen molar-refractivity contribution in [2.45, 2.75) is 52.3 Å². The molecule has 0 spiro atoms. The summed E-state index contributed by atoms with van der Waals surface area (Å²) < 4.78 is 10.8. The van der Waals surface area contributed by atoms with Crippen LogP contribution in [0, 0.1) is 13.8 Å². The highest BCUT2D eigenvalue weighted by molar-refractivity contribution is 5.06. The van der Waals surface area contributed by atoms with Gasteiger partial charge in [-0.2, -0.15) is 5.10 Å². The molecule has 1 fully saturated rings. The second-order valence-corrected chi connectivity index (χ2v) is 5.80. The monoisotopic (exact) mass is 305 g/mol. The highest BCUT2D eigenvalue weighted by atomic mass is 16.5. The van der Waals surface area contributed by atoms with Crippen molar-refractivity contribution < 1.29 is 9.15 Å².